The van der Waals surface area contributed by atoms with Gasteiger partial charge in [0.1, 0.15) is 17.6 Å². The number of hydrogen-bond acceptors (Lipinski definition) is 9. The van der Waals surface area contributed by atoms with Crippen molar-refractivity contribution in [2.45, 2.75) is 78.6 Å². The van der Waals surface area contributed by atoms with Gasteiger partial charge in [-0.15, -0.1) is 0 Å². The Hall–Kier alpha value is -2.71. The summed E-state index contributed by atoms with van der Waals surface area (Å²) in [6.45, 7) is 9.91. The minimum Gasteiger partial charge on any atom is -0.468 e. The average Bonchev–Trinajstić information content (AvgIpc) is 3.11. The lowest BCUT2D eigenvalue weighted by Gasteiger charge is -2.62. The van der Waals surface area contributed by atoms with E-state index in [1.165, 1.54) is 21.0 Å². The Morgan fingerprint density at radius 2 is 1.74 bits per heavy atom. The molecule has 0 spiro atoms. The highest BCUT2D eigenvalue weighted by Gasteiger charge is 2.86. The fraction of sp³-hybridized carbons (Fsp3) is 0.720. The first-order chi connectivity index (χ1) is 15.7. The van der Waals surface area contributed by atoms with Crippen LogP contribution in [0.25, 0.3) is 0 Å². The average molecular weight is 477 g/mol. The van der Waals surface area contributed by atoms with Crippen molar-refractivity contribution < 1.29 is 42.9 Å². The molecule has 4 fully saturated rings. The molecule has 2 saturated carbocycles. The van der Waals surface area contributed by atoms with Gasteiger partial charge in [-0.2, -0.15) is 0 Å². The van der Waals surface area contributed by atoms with Gasteiger partial charge < -0.3 is 18.9 Å². The summed E-state index contributed by atoms with van der Waals surface area (Å²) >= 11 is 0. The van der Waals surface area contributed by atoms with Gasteiger partial charge in [-0.05, 0) is 44.8 Å². The summed E-state index contributed by atoms with van der Waals surface area (Å²) in [5.74, 6) is -4.49. The lowest BCUT2D eigenvalue weighted by Crippen LogP contribution is -2.71. The molecule has 2 bridgehead atoms. The highest BCUT2D eigenvalue weighted by molar-refractivity contribution is 6.01. The van der Waals surface area contributed by atoms with Crippen molar-refractivity contribution in [2.24, 2.45) is 28.1 Å². The van der Waals surface area contributed by atoms with Crippen molar-refractivity contribution in [3.05, 3.63) is 11.6 Å². The number of hydrogen-bond donors (Lipinski definition) is 0. The molecule has 2 saturated heterocycles. The van der Waals surface area contributed by atoms with Crippen LogP contribution in [0.15, 0.2) is 11.6 Å². The maximum Gasteiger partial charge on any atom is 0.322 e. The summed E-state index contributed by atoms with van der Waals surface area (Å²) in [5.41, 5.74) is -4.58. The number of methoxy groups -OCH3 is 1. The molecule has 4 rings (SSSR count). The van der Waals surface area contributed by atoms with Gasteiger partial charge in [-0.1, -0.05) is 20.8 Å². The van der Waals surface area contributed by atoms with E-state index in [0.29, 0.717) is 12.0 Å². The molecule has 9 heteroatoms. The predicted octanol–water partition coefficient (Wildman–Crippen LogP) is 2.30. The van der Waals surface area contributed by atoms with Crippen LogP contribution < -0.4 is 0 Å². The number of carbonyl (C=O) groups excluding carboxylic acids is 5. The number of fused-ring (bicyclic) bond motifs is 1. The Balaban J connectivity index is 2.01. The zero-order chi connectivity index (χ0) is 25.4. The van der Waals surface area contributed by atoms with Gasteiger partial charge in [0, 0.05) is 23.7 Å². The maximum absolute atomic E-state index is 13.8. The summed E-state index contributed by atoms with van der Waals surface area (Å²) in [5, 5.41) is 0. The van der Waals surface area contributed by atoms with Gasteiger partial charge in [0.2, 0.25) is 0 Å². The highest BCUT2D eigenvalue weighted by Crippen LogP contribution is 2.75. The molecule has 2 heterocycles. The van der Waals surface area contributed by atoms with Gasteiger partial charge in [0.25, 0.3) is 0 Å². The van der Waals surface area contributed by atoms with Crippen LogP contribution in [0.3, 0.4) is 0 Å². The zero-order valence-electron chi connectivity index (χ0n) is 20.7. The van der Waals surface area contributed by atoms with E-state index in [1.807, 2.05) is 13.8 Å². The van der Waals surface area contributed by atoms with E-state index in [1.54, 1.807) is 19.9 Å². The minimum absolute atomic E-state index is 0.147. The van der Waals surface area contributed by atoms with Crippen LogP contribution in [0, 0.1) is 28.1 Å². The van der Waals surface area contributed by atoms with Crippen molar-refractivity contribution in [1.82, 2.24) is 0 Å². The number of rotatable bonds is 4. The Bertz CT molecular complexity index is 1030. The fourth-order valence-corrected chi connectivity index (χ4v) is 7.50. The maximum atomic E-state index is 13.8. The lowest BCUT2D eigenvalue weighted by molar-refractivity contribution is -0.224. The predicted molar refractivity (Wildman–Crippen MR) is 116 cm³/mol. The summed E-state index contributed by atoms with van der Waals surface area (Å²) in [4.78, 5) is 64.0. The molecule has 0 N–H and O–H groups in total. The van der Waals surface area contributed by atoms with Crippen LogP contribution in [-0.2, 0) is 42.9 Å². The topological polar surface area (TPSA) is 122 Å². The number of carbonyl (C=O) groups is 5. The quantitative estimate of drug-likeness (QED) is 0.260. The molecule has 0 unspecified atom stereocenters. The zero-order valence-corrected chi connectivity index (χ0v) is 20.7. The molecular formula is C25H32O9. The van der Waals surface area contributed by atoms with Crippen LogP contribution in [0.2, 0.25) is 0 Å². The van der Waals surface area contributed by atoms with Crippen molar-refractivity contribution in [1.29, 1.82) is 0 Å². The molecule has 186 valence electrons. The van der Waals surface area contributed by atoms with Crippen LogP contribution in [-0.4, -0.2) is 54.6 Å². The Morgan fingerprint density at radius 3 is 2.29 bits per heavy atom. The number of ketones is 1. The smallest absolute Gasteiger partial charge is 0.322 e. The molecule has 2 aliphatic heterocycles. The van der Waals surface area contributed by atoms with Crippen molar-refractivity contribution >= 4 is 29.7 Å². The first-order valence-corrected chi connectivity index (χ1v) is 11.6. The van der Waals surface area contributed by atoms with Crippen LogP contribution >= 0.6 is 0 Å². The molecule has 0 amide bonds. The summed E-state index contributed by atoms with van der Waals surface area (Å²) in [6.07, 6.45) is 1.13. The Kier molecular flexibility index (Phi) is 5.31. The molecule has 0 aromatic rings. The molecular weight excluding hydrogens is 444 g/mol. The van der Waals surface area contributed by atoms with E-state index in [0.717, 1.165) is 0 Å². The van der Waals surface area contributed by atoms with Gasteiger partial charge in [0.05, 0.1) is 7.11 Å². The summed E-state index contributed by atoms with van der Waals surface area (Å²) in [7, 11) is 1.20. The standard InChI is InChI=1S/C25H32O9/c1-12(13(2)26)10-25-23(6,17(19(28)31-7)20(29)34-25)11-15-18-22(4,5)16(32-14(3)27)8-9-24(18,25)21(30)33-15/h10,15-18H,8-9,11H2,1-7H3/b12-10-/t15-,16-,17-,18+,23+,24+,25-/m0/s1. The van der Waals surface area contributed by atoms with E-state index in [4.69, 9.17) is 18.9 Å². The first-order valence-electron chi connectivity index (χ1n) is 11.6. The molecule has 34 heavy (non-hydrogen) atoms. The minimum atomic E-state index is -1.61. The SMILES string of the molecule is COC(=O)[C@H]1C(=O)O[C@]2(/C=C(/C)C(C)=O)[C@]34CC[C@H](OC(C)=O)C(C)(C)[C@H]3[C@H](C[C@]12C)OC4=O. The first kappa shape index (κ1) is 24.4. The van der Waals surface area contributed by atoms with Crippen molar-refractivity contribution in [3.63, 3.8) is 0 Å². The second-order valence-corrected chi connectivity index (χ2v) is 11.0. The summed E-state index contributed by atoms with van der Waals surface area (Å²) in [6, 6.07) is 0. The van der Waals surface area contributed by atoms with Gasteiger partial charge >= 0.3 is 23.9 Å². The monoisotopic (exact) mass is 476 g/mol. The molecule has 7 atom stereocenters. The van der Waals surface area contributed by atoms with Crippen LogP contribution in [0.1, 0.15) is 60.8 Å². The molecule has 0 aromatic heterocycles. The third-order valence-electron chi connectivity index (χ3n) is 8.95. The highest BCUT2D eigenvalue weighted by atomic mass is 16.6. The molecule has 9 nitrogen and oxygen atoms in total. The Labute approximate surface area is 198 Å². The van der Waals surface area contributed by atoms with E-state index >= 15 is 0 Å². The number of allylic oxidation sites excluding steroid dienone is 1. The third-order valence-corrected chi connectivity index (χ3v) is 8.95. The number of Topliss-reactive ketones (excluding diaryl/α,β-unsaturated/α-hetero) is 1. The fourth-order valence-electron chi connectivity index (χ4n) is 7.50. The third kappa shape index (κ3) is 2.75. The lowest BCUT2D eigenvalue weighted by atomic mass is 9.39. The van der Waals surface area contributed by atoms with Gasteiger partial charge in [-0.25, -0.2) is 0 Å². The normalized spacial score (nSPS) is 42.1. The second-order valence-electron chi connectivity index (χ2n) is 11.0. The molecule has 4 aliphatic rings. The van der Waals surface area contributed by atoms with E-state index in [-0.39, 0.29) is 18.6 Å². The molecule has 2 aliphatic carbocycles. The number of esters is 4. The van der Waals surface area contributed by atoms with Crippen molar-refractivity contribution in [3.8, 4) is 0 Å². The largest absolute Gasteiger partial charge is 0.468 e. The van der Waals surface area contributed by atoms with E-state index in [2.05, 4.69) is 0 Å². The van der Waals surface area contributed by atoms with E-state index < -0.39 is 69.8 Å². The molecule has 0 radical (unpaired) electrons. The Morgan fingerprint density at radius 1 is 1.09 bits per heavy atom. The van der Waals surface area contributed by atoms with Crippen LogP contribution in [0.4, 0.5) is 0 Å². The molecule has 0 aromatic carbocycles. The second kappa shape index (κ2) is 7.39. The number of ether oxygens (including phenoxy) is 4. The van der Waals surface area contributed by atoms with Crippen LogP contribution in [0.5, 0.6) is 0 Å². The van der Waals surface area contributed by atoms with Crippen molar-refractivity contribution in [2.75, 3.05) is 7.11 Å². The summed E-state index contributed by atoms with van der Waals surface area (Å²) < 4.78 is 22.6. The van der Waals surface area contributed by atoms with Gasteiger partial charge in [0.15, 0.2) is 17.3 Å². The van der Waals surface area contributed by atoms with E-state index in [9.17, 15) is 24.0 Å². The van der Waals surface area contributed by atoms with Gasteiger partial charge in [-0.3, -0.25) is 24.0 Å².